The lowest BCUT2D eigenvalue weighted by molar-refractivity contribution is -0.142. The van der Waals surface area contributed by atoms with Crippen LogP contribution in [0.4, 0.5) is 0 Å². The highest BCUT2D eigenvalue weighted by Crippen LogP contribution is 2.10. The molecular weight excluding hydrogens is 239 g/mol. The first-order valence-electron chi connectivity index (χ1n) is 3.91. The fraction of sp³-hybridized carbons (Fsp3) is 0.333. The van der Waals surface area contributed by atoms with Gasteiger partial charge in [-0.25, -0.2) is 0 Å². The third-order valence-electron chi connectivity index (χ3n) is 1.75. The van der Waals surface area contributed by atoms with E-state index in [1.165, 1.54) is 7.11 Å². The third kappa shape index (κ3) is 4.46. The molecule has 1 unspecified atom stereocenters. The number of aromatic nitrogens is 1. The van der Waals surface area contributed by atoms with Crippen molar-refractivity contribution in [2.45, 2.75) is 13.0 Å². The van der Waals surface area contributed by atoms with E-state index in [-0.39, 0.29) is 24.8 Å². The predicted molar refractivity (Wildman–Crippen MR) is 62.4 cm³/mol. The van der Waals surface area contributed by atoms with Crippen molar-refractivity contribution >= 4 is 30.8 Å². The van der Waals surface area contributed by atoms with E-state index in [0.717, 1.165) is 5.69 Å². The van der Waals surface area contributed by atoms with Gasteiger partial charge in [0.05, 0.1) is 7.11 Å². The summed E-state index contributed by atoms with van der Waals surface area (Å²) in [5.74, 6) is -0.453. The lowest BCUT2D eigenvalue weighted by Gasteiger charge is -2.08. The van der Waals surface area contributed by atoms with Crippen LogP contribution >= 0.6 is 24.8 Å². The largest absolute Gasteiger partial charge is 0.468 e. The summed E-state index contributed by atoms with van der Waals surface area (Å²) >= 11 is 0. The molecular formula is C9H14Cl2N2O2. The second-order valence-electron chi connectivity index (χ2n) is 2.73. The first kappa shape index (κ1) is 16.6. The molecule has 6 heteroatoms. The van der Waals surface area contributed by atoms with E-state index in [1.54, 1.807) is 18.3 Å². The molecule has 0 saturated carbocycles. The van der Waals surface area contributed by atoms with E-state index in [0.29, 0.717) is 5.56 Å². The highest BCUT2D eigenvalue weighted by Gasteiger charge is 2.15. The average Bonchev–Trinajstić information content (AvgIpc) is 2.17. The Balaban J connectivity index is 0. The molecule has 0 amide bonds. The molecule has 1 aromatic heterocycles. The van der Waals surface area contributed by atoms with E-state index in [9.17, 15) is 4.79 Å². The average molecular weight is 253 g/mol. The number of halogens is 2. The van der Waals surface area contributed by atoms with E-state index < -0.39 is 12.0 Å². The van der Waals surface area contributed by atoms with Crippen LogP contribution in [0.3, 0.4) is 0 Å². The number of nitrogens with zero attached hydrogens (tertiary/aromatic N) is 1. The van der Waals surface area contributed by atoms with Gasteiger partial charge in [-0.1, -0.05) is 6.07 Å². The van der Waals surface area contributed by atoms with Gasteiger partial charge in [-0.05, 0) is 18.6 Å². The number of carbonyl (C=O) groups is 1. The molecule has 0 bridgehead atoms. The van der Waals surface area contributed by atoms with E-state index in [2.05, 4.69) is 9.72 Å². The van der Waals surface area contributed by atoms with Crippen molar-refractivity contribution in [1.29, 1.82) is 0 Å². The minimum atomic E-state index is -0.738. The molecule has 2 N–H and O–H groups in total. The maximum Gasteiger partial charge on any atom is 0.327 e. The minimum Gasteiger partial charge on any atom is -0.468 e. The molecule has 0 radical (unpaired) electrons. The summed E-state index contributed by atoms with van der Waals surface area (Å²) in [6.45, 7) is 1.87. The Morgan fingerprint density at radius 2 is 2.07 bits per heavy atom. The Morgan fingerprint density at radius 1 is 1.47 bits per heavy atom. The van der Waals surface area contributed by atoms with Crippen LogP contribution in [0.1, 0.15) is 17.3 Å². The van der Waals surface area contributed by atoms with Crippen LogP contribution in [0.5, 0.6) is 0 Å². The summed E-state index contributed by atoms with van der Waals surface area (Å²) in [5.41, 5.74) is 7.14. The summed E-state index contributed by atoms with van der Waals surface area (Å²) in [6, 6.07) is 2.83. The number of aryl methyl sites for hydroxylation is 1. The van der Waals surface area contributed by atoms with Crippen molar-refractivity contribution in [3.63, 3.8) is 0 Å². The lowest BCUT2D eigenvalue weighted by atomic mass is 10.1. The van der Waals surface area contributed by atoms with Gasteiger partial charge in [-0.2, -0.15) is 0 Å². The molecule has 1 heterocycles. The number of rotatable bonds is 2. The molecule has 15 heavy (non-hydrogen) atoms. The molecule has 0 aliphatic rings. The molecule has 0 saturated heterocycles. The minimum absolute atomic E-state index is 0. The van der Waals surface area contributed by atoms with Crippen molar-refractivity contribution in [2.24, 2.45) is 5.73 Å². The number of esters is 1. The maximum absolute atomic E-state index is 11.0. The number of hydrogen-bond donors (Lipinski definition) is 1. The zero-order valence-corrected chi connectivity index (χ0v) is 10.1. The Labute approximate surface area is 101 Å². The van der Waals surface area contributed by atoms with Crippen LogP contribution in [0.2, 0.25) is 0 Å². The zero-order valence-electron chi connectivity index (χ0n) is 8.47. The standard InChI is InChI=1S/C9H12N2O2.2ClH/c1-6-3-4-7(5-11-6)8(10)9(12)13-2;;/h3-5,8H,10H2,1-2H3;2*1H. The number of nitrogens with two attached hydrogens (primary N) is 1. The quantitative estimate of drug-likeness (QED) is 0.809. The van der Waals surface area contributed by atoms with Gasteiger partial charge in [0.1, 0.15) is 6.04 Å². The summed E-state index contributed by atoms with van der Waals surface area (Å²) in [5, 5.41) is 0. The second-order valence-corrected chi connectivity index (χ2v) is 2.73. The van der Waals surface area contributed by atoms with Crippen LogP contribution in [0, 0.1) is 6.92 Å². The maximum atomic E-state index is 11.0. The Bertz CT molecular complexity index is 303. The molecule has 86 valence electrons. The molecule has 0 fully saturated rings. The van der Waals surface area contributed by atoms with Gasteiger partial charge < -0.3 is 10.5 Å². The highest BCUT2D eigenvalue weighted by molar-refractivity contribution is 5.85. The molecule has 0 spiro atoms. The van der Waals surface area contributed by atoms with Crippen molar-refractivity contribution < 1.29 is 9.53 Å². The van der Waals surface area contributed by atoms with Crippen LogP contribution in [0.25, 0.3) is 0 Å². The van der Waals surface area contributed by atoms with Crippen LogP contribution in [-0.4, -0.2) is 18.1 Å². The van der Waals surface area contributed by atoms with E-state index in [1.807, 2.05) is 6.92 Å². The normalized spacial score (nSPS) is 10.6. The van der Waals surface area contributed by atoms with Crippen LogP contribution in [-0.2, 0) is 9.53 Å². The molecule has 0 aliphatic heterocycles. The van der Waals surface area contributed by atoms with E-state index in [4.69, 9.17) is 5.73 Å². The molecule has 1 aromatic rings. The molecule has 1 atom stereocenters. The molecule has 0 aromatic carbocycles. The molecule has 0 aliphatic carbocycles. The Hall–Kier alpha value is -0.840. The van der Waals surface area contributed by atoms with Gasteiger partial charge in [-0.3, -0.25) is 9.78 Å². The predicted octanol–water partition coefficient (Wildman–Crippen LogP) is 1.41. The number of pyridine rings is 1. The summed E-state index contributed by atoms with van der Waals surface area (Å²) < 4.78 is 4.50. The van der Waals surface area contributed by atoms with Gasteiger partial charge in [-0.15, -0.1) is 24.8 Å². The first-order chi connectivity index (χ1) is 6.15. The summed E-state index contributed by atoms with van der Waals surface area (Å²) in [6.07, 6.45) is 1.58. The third-order valence-corrected chi connectivity index (χ3v) is 1.75. The number of ether oxygens (including phenoxy) is 1. The number of carbonyl (C=O) groups excluding carboxylic acids is 1. The van der Waals surface area contributed by atoms with Crippen molar-refractivity contribution in [3.05, 3.63) is 29.6 Å². The fourth-order valence-corrected chi connectivity index (χ4v) is 0.926. The highest BCUT2D eigenvalue weighted by atomic mass is 35.5. The van der Waals surface area contributed by atoms with Gasteiger partial charge >= 0.3 is 5.97 Å². The fourth-order valence-electron chi connectivity index (χ4n) is 0.926. The SMILES string of the molecule is COC(=O)C(N)c1ccc(C)nc1.Cl.Cl. The second kappa shape index (κ2) is 7.45. The number of methoxy groups -OCH3 is 1. The van der Waals surface area contributed by atoms with Crippen LogP contribution < -0.4 is 5.73 Å². The van der Waals surface area contributed by atoms with Crippen molar-refractivity contribution in [3.8, 4) is 0 Å². The van der Waals surface area contributed by atoms with E-state index >= 15 is 0 Å². The number of hydrogen-bond acceptors (Lipinski definition) is 4. The topological polar surface area (TPSA) is 65.2 Å². The van der Waals surface area contributed by atoms with Crippen LogP contribution in [0.15, 0.2) is 18.3 Å². The van der Waals surface area contributed by atoms with Crippen molar-refractivity contribution in [1.82, 2.24) is 4.98 Å². The monoisotopic (exact) mass is 252 g/mol. The summed E-state index contributed by atoms with van der Waals surface area (Å²) in [4.78, 5) is 15.1. The lowest BCUT2D eigenvalue weighted by Crippen LogP contribution is -2.22. The van der Waals surface area contributed by atoms with Gasteiger partial charge in [0.15, 0.2) is 0 Å². The summed E-state index contributed by atoms with van der Waals surface area (Å²) in [7, 11) is 1.31. The van der Waals surface area contributed by atoms with Crippen molar-refractivity contribution in [2.75, 3.05) is 7.11 Å². The first-order valence-corrected chi connectivity index (χ1v) is 3.91. The van der Waals surface area contributed by atoms with Gasteiger partial charge in [0.2, 0.25) is 0 Å². The van der Waals surface area contributed by atoms with Gasteiger partial charge in [0, 0.05) is 11.9 Å². The Kier molecular flexibility index (Phi) is 8.24. The van der Waals surface area contributed by atoms with Gasteiger partial charge in [0.25, 0.3) is 0 Å². The smallest absolute Gasteiger partial charge is 0.327 e. The zero-order chi connectivity index (χ0) is 9.84. The molecule has 1 rings (SSSR count). The Morgan fingerprint density at radius 3 is 2.47 bits per heavy atom. The molecule has 4 nitrogen and oxygen atoms in total.